The van der Waals surface area contributed by atoms with Crippen LogP contribution in [0.5, 0.6) is 11.5 Å². The molecule has 1 fully saturated rings. The molecular formula is C25H23N7O10S3. The molecule has 2 aromatic heterocycles. The van der Waals surface area contributed by atoms with Crippen LogP contribution in [0.1, 0.15) is 19.5 Å². The van der Waals surface area contributed by atoms with Crippen molar-refractivity contribution < 1.29 is 48.9 Å². The van der Waals surface area contributed by atoms with E-state index in [4.69, 9.17) is 15.0 Å². The third-order valence-corrected chi connectivity index (χ3v) is 9.31. The van der Waals surface area contributed by atoms with Crippen LogP contribution >= 0.6 is 34.9 Å². The van der Waals surface area contributed by atoms with E-state index >= 15 is 0 Å². The van der Waals surface area contributed by atoms with Gasteiger partial charge in [0, 0.05) is 22.4 Å². The van der Waals surface area contributed by atoms with Crippen LogP contribution in [0.4, 0.5) is 5.13 Å². The molecule has 2 atom stereocenters. The third-order valence-electron chi connectivity index (χ3n) is 6.39. The maximum atomic E-state index is 13.2. The normalized spacial score (nSPS) is 18.3. The number of hydrogen-bond donors (Lipinski definition) is 6. The number of carbonyl (C=O) groups excluding carboxylic acids is 2. The molecule has 2 aliphatic rings. The molecule has 45 heavy (non-hydrogen) atoms. The molecule has 20 heteroatoms. The number of aromatic hydroxyl groups is 2. The van der Waals surface area contributed by atoms with Gasteiger partial charge >= 0.3 is 11.9 Å². The van der Waals surface area contributed by atoms with E-state index in [1.807, 2.05) is 0 Å². The summed E-state index contributed by atoms with van der Waals surface area (Å²) in [7, 11) is 0. The highest BCUT2D eigenvalue weighted by Gasteiger charge is 2.54. The largest absolute Gasteiger partial charge is 0.504 e. The van der Waals surface area contributed by atoms with E-state index in [2.05, 4.69) is 25.7 Å². The zero-order valence-corrected chi connectivity index (χ0v) is 25.6. The van der Waals surface area contributed by atoms with Gasteiger partial charge in [0.15, 0.2) is 22.3 Å². The fourth-order valence-electron chi connectivity index (χ4n) is 3.99. The summed E-state index contributed by atoms with van der Waals surface area (Å²) in [6.07, 6.45) is 0. The van der Waals surface area contributed by atoms with Gasteiger partial charge in [-0.05, 0) is 37.6 Å². The number of nitrogens with two attached hydrogens (primary N) is 1. The smallest absolute Gasteiger partial charge is 0.352 e. The Kier molecular flexibility index (Phi) is 8.63. The number of carboxylic acid groups (broad SMARTS) is 2. The van der Waals surface area contributed by atoms with Crippen LogP contribution in [0.25, 0.3) is 11.5 Å². The number of nitrogens with one attached hydrogen (secondary N) is 1. The molecule has 0 saturated carbocycles. The van der Waals surface area contributed by atoms with Gasteiger partial charge < -0.3 is 40.7 Å². The molecule has 0 aliphatic carbocycles. The molecular weight excluding hydrogens is 655 g/mol. The SMILES string of the molecule is CC(C)(ON=C(C(=O)N[C@@H]1C(=O)N2C(C(=O)O)=C(CSc3nnc(-c4ccc(O)c(O)c4)o3)CS[C@@H]12)c1csc(N)n1)C(=O)O. The molecule has 0 bridgehead atoms. The first-order valence-electron chi connectivity index (χ1n) is 12.7. The number of carbonyl (C=O) groups is 4. The summed E-state index contributed by atoms with van der Waals surface area (Å²) in [5.74, 6) is -4.61. The molecule has 2 aliphatic heterocycles. The number of rotatable bonds is 11. The number of thioether (sulfide) groups is 2. The molecule has 5 rings (SSSR count). The fourth-order valence-corrected chi connectivity index (χ4v) is 6.79. The zero-order chi connectivity index (χ0) is 32.6. The highest BCUT2D eigenvalue weighted by molar-refractivity contribution is 8.01. The molecule has 4 heterocycles. The molecule has 0 radical (unpaired) electrons. The number of aliphatic carboxylic acids is 2. The monoisotopic (exact) mass is 677 g/mol. The lowest BCUT2D eigenvalue weighted by Gasteiger charge is -2.49. The molecule has 0 unspecified atom stereocenters. The van der Waals surface area contributed by atoms with E-state index < -0.39 is 46.5 Å². The maximum Gasteiger partial charge on any atom is 0.352 e. The van der Waals surface area contributed by atoms with Crippen LogP contribution in [0.15, 0.2) is 49.6 Å². The minimum atomic E-state index is -1.79. The van der Waals surface area contributed by atoms with Crippen molar-refractivity contribution in [3.05, 3.63) is 40.5 Å². The number of thiazole rings is 1. The molecule has 1 aromatic carbocycles. The van der Waals surface area contributed by atoms with Crippen molar-refractivity contribution in [3.8, 4) is 23.0 Å². The van der Waals surface area contributed by atoms with Crippen molar-refractivity contribution in [3.63, 3.8) is 0 Å². The van der Waals surface area contributed by atoms with Gasteiger partial charge in [0.1, 0.15) is 22.8 Å². The number of hydrogen-bond acceptors (Lipinski definition) is 16. The second-order valence-corrected chi connectivity index (χ2v) is 12.8. The number of aromatic nitrogens is 3. The number of phenolic OH excluding ortho intramolecular Hbond substituents is 2. The minimum absolute atomic E-state index is 0.00654. The maximum absolute atomic E-state index is 13.2. The molecule has 236 valence electrons. The van der Waals surface area contributed by atoms with E-state index in [-0.39, 0.29) is 50.6 Å². The zero-order valence-electron chi connectivity index (χ0n) is 23.2. The Morgan fingerprint density at radius 3 is 2.64 bits per heavy atom. The van der Waals surface area contributed by atoms with Gasteiger partial charge in [-0.25, -0.2) is 14.6 Å². The molecule has 3 aromatic rings. The Balaban J connectivity index is 1.29. The first kappa shape index (κ1) is 31.6. The van der Waals surface area contributed by atoms with Crippen molar-refractivity contribution in [2.24, 2.45) is 5.16 Å². The van der Waals surface area contributed by atoms with E-state index in [1.165, 1.54) is 49.2 Å². The van der Waals surface area contributed by atoms with Crippen LogP contribution in [0.2, 0.25) is 0 Å². The number of carboxylic acids is 2. The summed E-state index contributed by atoms with van der Waals surface area (Å²) < 4.78 is 5.59. The second-order valence-electron chi connectivity index (χ2n) is 9.90. The number of phenols is 2. The van der Waals surface area contributed by atoms with Gasteiger partial charge in [-0.15, -0.1) is 33.3 Å². The lowest BCUT2D eigenvalue weighted by molar-refractivity contribution is -0.161. The topological polar surface area (TPSA) is 264 Å². The Labute approximate surface area is 265 Å². The number of amides is 2. The first-order valence-corrected chi connectivity index (χ1v) is 15.6. The van der Waals surface area contributed by atoms with E-state index in [1.54, 1.807) is 0 Å². The van der Waals surface area contributed by atoms with Gasteiger partial charge in [0.25, 0.3) is 17.0 Å². The summed E-state index contributed by atoms with van der Waals surface area (Å²) in [5.41, 5.74) is 3.98. The summed E-state index contributed by atoms with van der Waals surface area (Å²) in [5, 5.41) is 53.4. The van der Waals surface area contributed by atoms with Crippen LogP contribution < -0.4 is 11.1 Å². The average molecular weight is 678 g/mol. The number of β-lactam (4-membered cyclic amide) rings is 1. The van der Waals surface area contributed by atoms with Gasteiger partial charge in [0.05, 0.1) is 0 Å². The van der Waals surface area contributed by atoms with Gasteiger partial charge in [-0.1, -0.05) is 16.9 Å². The van der Waals surface area contributed by atoms with Crippen molar-refractivity contribution in [2.75, 3.05) is 17.2 Å². The predicted octanol–water partition coefficient (Wildman–Crippen LogP) is 1.30. The molecule has 2 amide bonds. The standard InChI is InChI=1S/C25H23N7O10S3/c1-25(2,22(39)40)42-31-14(11-8-44-23(26)27-11)17(35)28-15-19(36)32-16(21(37)38)10(6-43-20(15)32)7-45-24-30-29-18(41-24)9-3-4-12(33)13(34)5-9/h3-5,8,15,20,33-34H,6-7H2,1-2H3,(H2,26,27)(H,28,35)(H,37,38)(H,39,40)/t15-,20+/m1/s1. The lowest BCUT2D eigenvalue weighted by atomic mass is 10.0. The Bertz CT molecular complexity index is 1770. The van der Waals surface area contributed by atoms with Gasteiger partial charge in [-0.3, -0.25) is 14.5 Å². The summed E-state index contributed by atoms with van der Waals surface area (Å²) in [6.45, 7) is 2.45. The van der Waals surface area contributed by atoms with Crippen LogP contribution in [-0.4, -0.2) is 98.5 Å². The van der Waals surface area contributed by atoms with E-state index in [0.717, 1.165) is 28.0 Å². The van der Waals surface area contributed by atoms with E-state index in [0.29, 0.717) is 11.1 Å². The predicted molar refractivity (Wildman–Crippen MR) is 159 cm³/mol. The van der Waals surface area contributed by atoms with Crippen LogP contribution in [-0.2, 0) is 24.0 Å². The second kappa shape index (κ2) is 12.3. The Morgan fingerprint density at radius 1 is 1.24 bits per heavy atom. The van der Waals surface area contributed by atoms with Gasteiger partial charge in [-0.2, -0.15) is 0 Å². The first-order chi connectivity index (χ1) is 21.3. The molecule has 1 saturated heterocycles. The third kappa shape index (κ3) is 6.37. The Morgan fingerprint density at radius 2 is 2.00 bits per heavy atom. The minimum Gasteiger partial charge on any atom is -0.504 e. The molecule has 7 N–H and O–H groups in total. The number of fused-ring (bicyclic) bond motifs is 1. The highest BCUT2D eigenvalue weighted by atomic mass is 32.2. The summed E-state index contributed by atoms with van der Waals surface area (Å²) in [6, 6.07) is 2.85. The summed E-state index contributed by atoms with van der Waals surface area (Å²) in [4.78, 5) is 60.3. The molecule has 0 spiro atoms. The van der Waals surface area contributed by atoms with Crippen molar-refractivity contribution in [2.45, 2.75) is 36.1 Å². The van der Waals surface area contributed by atoms with Crippen molar-refractivity contribution in [1.29, 1.82) is 0 Å². The quantitative estimate of drug-likeness (QED) is 0.0549. The lowest BCUT2D eigenvalue weighted by Crippen LogP contribution is -2.71. The van der Waals surface area contributed by atoms with Crippen LogP contribution in [0.3, 0.4) is 0 Å². The van der Waals surface area contributed by atoms with E-state index in [9.17, 15) is 39.6 Å². The van der Waals surface area contributed by atoms with Gasteiger partial charge in [0.2, 0.25) is 11.5 Å². The summed E-state index contributed by atoms with van der Waals surface area (Å²) >= 11 is 3.27. The highest BCUT2D eigenvalue weighted by Crippen LogP contribution is 2.42. The fraction of sp³-hybridized carbons (Fsp3) is 0.280. The van der Waals surface area contributed by atoms with Crippen molar-refractivity contribution >= 4 is 69.5 Å². The average Bonchev–Trinajstić information content (AvgIpc) is 3.64. The van der Waals surface area contributed by atoms with Crippen LogP contribution in [0, 0.1) is 0 Å². The number of nitrogens with zero attached hydrogens (tertiary/aromatic N) is 5. The number of benzene rings is 1. The number of anilines is 1. The number of nitrogen functional groups attached to an aromatic ring is 1. The number of oxime groups is 1. The molecule has 17 nitrogen and oxygen atoms in total. The Hall–Kier alpha value is -4.82. The van der Waals surface area contributed by atoms with Crippen molar-refractivity contribution in [1.82, 2.24) is 25.4 Å².